The third-order valence-corrected chi connectivity index (χ3v) is 4.10. The van der Waals surface area contributed by atoms with E-state index in [2.05, 4.69) is 0 Å². The average molecular weight is 362 g/mol. The Hall–Kier alpha value is -2.57. The van der Waals surface area contributed by atoms with Crippen LogP contribution in [0.4, 0.5) is 4.79 Å². The Morgan fingerprint density at radius 3 is 2.19 bits per heavy atom. The highest BCUT2D eigenvalue weighted by molar-refractivity contribution is 5.92. The molecule has 1 aromatic carbocycles. The third kappa shape index (κ3) is 5.75. The molecule has 0 radical (unpaired) electrons. The van der Waals surface area contributed by atoms with Gasteiger partial charge in [0, 0.05) is 18.7 Å². The Morgan fingerprint density at radius 2 is 1.69 bits per heavy atom. The van der Waals surface area contributed by atoms with Gasteiger partial charge in [-0.2, -0.15) is 0 Å². The number of likely N-dealkylation sites (tertiary alicyclic amines) is 1. The van der Waals surface area contributed by atoms with Gasteiger partial charge >= 0.3 is 12.1 Å². The summed E-state index contributed by atoms with van der Waals surface area (Å²) in [5.41, 5.74) is 5.86. The van der Waals surface area contributed by atoms with Crippen molar-refractivity contribution in [3.8, 4) is 0 Å². The number of ether oxygens (including phenoxy) is 2. The van der Waals surface area contributed by atoms with Crippen molar-refractivity contribution in [3.63, 3.8) is 0 Å². The summed E-state index contributed by atoms with van der Waals surface area (Å²) in [7, 11) is 0. The van der Waals surface area contributed by atoms with Gasteiger partial charge < -0.3 is 20.1 Å². The first-order valence-electron chi connectivity index (χ1n) is 8.69. The normalized spacial score (nSPS) is 15.4. The number of rotatable bonds is 4. The summed E-state index contributed by atoms with van der Waals surface area (Å²) in [6.45, 7) is 6.56. The van der Waals surface area contributed by atoms with Crippen molar-refractivity contribution in [2.75, 3.05) is 13.1 Å². The maximum Gasteiger partial charge on any atom is 0.410 e. The van der Waals surface area contributed by atoms with Crippen molar-refractivity contribution in [1.29, 1.82) is 0 Å². The highest BCUT2D eigenvalue weighted by atomic mass is 16.6. The third-order valence-electron chi connectivity index (χ3n) is 4.10. The molecule has 0 spiro atoms. The molecule has 1 aromatic rings. The van der Waals surface area contributed by atoms with Crippen molar-refractivity contribution in [1.82, 2.24) is 4.90 Å². The van der Waals surface area contributed by atoms with E-state index < -0.39 is 11.5 Å². The largest absolute Gasteiger partial charge is 0.461 e. The predicted molar refractivity (Wildman–Crippen MR) is 95.3 cm³/mol. The van der Waals surface area contributed by atoms with Crippen LogP contribution in [-0.2, 0) is 20.9 Å². The van der Waals surface area contributed by atoms with Gasteiger partial charge in [0.05, 0.1) is 5.92 Å². The van der Waals surface area contributed by atoms with Crippen LogP contribution >= 0.6 is 0 Å². The number of nitrogens with two attached hydrogens (primary N) is 1. The molecule has 1 fully saturated rings. The van der Waals surface area contributed by atoms with Crippen molar-refractivity contribution >= 4 is 18.0 Å². The van der Waals surface area contributed by atoms with Crippen LogP contribution in [0.25, 0.3) is 0 Å². The second-order valence-corrected chi connectivity index (χ2v) is 7.41. The van der Waals surface area contributed by atoms with Crippen molar-refractivity contribution in [2.24, 2.45) is 11.7 Å². The van der Waals surface area contributed by atoms with E-state index >= 15 is 0 Å². The molecule has 26 heavy (non-hydrogen) atoms. The van der Waals surface area contributed by atoms with Crippen molar-refractivity contribution in [3.05, 3.63) is 35.4 Å². The lowest BCUT2D eigenvalue weighted by atomic mass is 9.97. The van der Waals surface area contributed by atoms with E-state index in [0.29, 0.717) is 31.5 Å². The maximum absolute atomic E-state index is 12.2. The van der Waals surface area contributed by atoms with E-state index in [1.54, 1.807) is 29.2 Å². The minimum atomic E-state index is -0.531. The molecule has 2 rings (SSSR count). The maximum atomic E-state index is 12.2. The van der Waals surface area contributed by atoms with Crippen LogP contribution in [0.3, 0.4) is 0 Å². The summed E-state index contributed by atoms with van der Waals surface area (Å²) in [4.78, 5) is 36.9. The van der Waals surface area contributed by atoms with Gasteiger partial charge in [-0.25, -0.2) is 4.79 Å². The first-order chi connectivity index (χ1) is 12.2. The molecule has 1 aliphatic rings. The van der Waals surface area contributed by atoms with Gasteiger partial charge in [0.15, 0.2) is 0 Å². The van der Waals surface area contributed by atoms with Gasteiger partial charge in [-0.3, -0.25) is 9.59 Å². The smallest absolute Gasteiger partial charge is 0.410 e. The second kappa shape index (κ2) is 8.21. The zero-order chi connectivity index (χ0) is 19.3. The molecule has 2 N–H and O–H groups in total. The molecule has 7 heteroatoms. The second-order valence-electron chi connectivity index (χ2n) is 7.41. The Labute approximate surface area is 153 Å². The molecule has 0 atom stereocenters. The van der Waals surface area contributed by atoms with Crippen LogP contribution in [0.5, 0.6) is 0 Å². The fourth-order valence-electron chi connectivity index (χ4n) is 2.66. The van der Waals surface area contributed by atoms with Gasteiger partial charge in [-0.15, -0.1) is 0 Å². The number of hydrogen-bond donors (Lipinski definition) is 1. The number of hydrogen-bond acceptors (Lipinski definition) is 5. The predicted octanol–water partition coefficient (Wildman–Crippen LogP) is 2.48. The molecule has 1 saturated heterocycles. The minimum Gasteiger partial charge on any atom is -0.461 e. The van der Waals surface area contributed by atoms with E-state index in [0.717, 1.165) is 5.56 Å². The molecular weight excluding hydrogens is 336 g/mol. The van der Waals surface area contributed by atoms with Gasteiger partial charge in [-0.05, 0) is 51.3 Å². The van der Waals surface area contributed by atoms with E-state index in [-0.39, 0.29) is 24.6 Å². The molecule has 0 saturated carbocycles. The number of primary amides is 1. The number of piperidine rings is 1. The molecule has 142 valence electrons. The highest BCUT2D eigenvalue weighted by Crippen LogP contribution is 2.21. The summed E-state index contributed by atoms with van der Waals surface area (Å²) >= 11 is 0. The Morgan fingerprint density at radius 1 is 1.12 bits per heavy atom. The quantitative estimate of drug-likeness (QED) is 0.830. The van der Waals surface area contributed by atoms with Crippen LogP contribution in [-0.4, -0.2) is 41.6 Å². The standard InChI is InChI=1S/C19H26N2O5/c1-19(2,3)26-18(24)21-10-8-15(9-11-21)17(23)25-12-13-4-6-14(7-5-13)16(20)22/h4-7,15H,8-12H2,1-3H3,(H2,20,22). The topological polar surface area (TPSA) is 98.9 Å². The van der Waals surface area contributed by atoms with Crippen LogP contribution in [0, 0.1) is 5.92 Å². The van der Waals surface area contributed by atoms with Crippen molar-refractivity contribution in [2.45, 2.75) is 45.8 Å². The Balaban J connectivity index is 1.77. The van der Waals surface area contributed by atoms with Gasteiger partial charge in [-0.1, -0.05) is 12.1 Å². The number of carbonyl (C=O) groups is 3. The molecule has 1 heterocycles. The fourth-order valence-corrected chi connectivity index (χ4v) is 2.66. The summed E-state index contributed by atoms with van der Waals surface area (Å²) in [5.74, 6) is -0.989. The SMILES string of the molecule is CC(C)(C)OC(=O)N1CCC(C(=O)OCc2ccc(C(N)=O)cc2)CC1. The van der Waals surface area contributed by atoms with Gasteiger partial charge in [0.25, 0.3) is 0 Å². The number of nitrogens with zero attached hydrogens (tertiary/aromatic N) is 1. The lowest BCUT2D eigenvalue weighted by Gasteiger charge is -2.32. The van der Waals surface area contributed by atoms with E-state index in [4.69, 9.17) is 15.2 Å². The Kier molecular flexibility index (Phi) is 6.23. The van der Waals surface area contributed by atoms with Crippen molar-refractivity contribution < 1.29 is 23.9 Å². The van der Waals surface area contributed by atoms with Crippen LogP contribution in [0.2, 0.25) is 0 Å². The zero-order valence-corrected chi connectivity index (χ0v) is 15.5. The summed E-state index contributed by atoms with van der Waals surface area (Å²) in [6.07, 6.45) is 0.760. The number of benzene rings is 1. The van der Waals surface area contributed by atoms with Crippen LogP contribution in [0.15, 0.2) is 24.3 Å². The number of carbonyl (C=O) groups excluding carboxylic acids is 3. The Bertz CT molecular complexity index is 656. The first-order valence-corrected chi connectivity index (χ1v) is 8.69. The lowest BCUT2D eigenvalue weighted by molar-refractivity contribution is -0.151. The molecule has 0 aliphatic carbocycles. The van der Waals surface area contributed by atoms with Crippen LogP contribution in [0.1, 0.15) is 49.5 Å². The molecule has 7 nitrogen and oxygen atoms in total. The summed E-state index contributed by atoms with van der Waals surface area (Å²) in [5, 5.41) is 0. The van der Waals surface area contributed by atoms with E-state index in [9.17, 15) is 14.4 Å². The number of esters is 1. The minimum absolute atomic E-state index is 0.143. The zero-order valence-electron chi connectivity index (χ0n) is 15.5. The van der Waals surface area contributed by atoms with E-state index in [1.165, 1.54) is 0 Å². The lowest BCUT2D eigenvalue weighted by Crippen LogP contribution is -2.43. The molecule has 1 aliphatic heterocycles. The monoisotopic (exact) mass is 362 g/mol. The van der Waals surface area contributed by atoms with Crippen LogP contribution < -0.4 is 5.73 Å². The molecule has 2 amide bonds. The number of amides is 2. The highest BCUT2D eigenvalue weighted by Gasteiger charge is 2.30. The molecule has 0 unspecified atom stereocenters. The summed E-state index contributed by atoms with van der Waals surface area (Å²) < 4.78 is 10.7. The van der Waals surface area contributed by atoms with Gasteiger partial charge in [0.2, 0.25) is 5.91 Å². The summed E-state index contributed by atoms with van der Waals surface area (Å²) in [6, 6.07) is 6.62. The molecule has 0 bridgehead atoms. The average Bonchev–Trinajstić information content (AvgIpc) is 2.58. The first kappa shape index (κ1) is 19.8. The fraction of sp³-hybridized carbons (Fsp3) is 0.526. The molecular formula is C19H26N2O5. The van der Waals surface area contributed by atoms with Gasteiger partial charge in [0.1, 0.15) is 12.2 Å². The van der Waals surface area contributed by atoms with E-state index in [1.807, 2.05) is 20.8 Å². The molecule has 0 aromatic heterocycles.